The number of nitrogens with zero attached hydrogens (tertiary/aromatic N) is 1. The summed E-state index contributed by atoms with van der Waals surface area (Å²) >= 11 is 0. The first kappa shape index (κ1) is 17.0. The van der Waals surface area contributed by atoms with Gasteiger partial charge in [0.05, 0.1) is 19.3 Å². The molecule has 3 N–H and O–H groups in total. The highest BCUT2D eigenvalue weighted by Crippen LogP contribution is 2.40. The van der Waals surface area contributed by atoms with Gasteiger partial charge in [-0.15, -0.1) is 0 Å². The van der Waals surface area contributed by atoms with Gasteiger partial charge in [-0.2, -0.15) is 0 Å². The molecule has 24 heavy (non-hydrogen) atoms. The van der Waals surface area contributed by atoms with Gasteiger partial charge in [-0.3, -0.25) is 0 Å². The van der Waals surface area contributed by atoms with Crippen molar-refractivity contribution in [3.63, 3.8) is 0 Å². The fourth-order valence-electron chi connectivity index (χ4n) is 3.86. The average molecular weight is 334 g/mol. The topological polar surface area (TPSA) is 85.0 Å². The number of nitrogens with two attached hydrogens (primary N) is 1. The average Bonchev–Trinajstić information content (AvgIpc) is 2.63. The number of aromatic hydroxyl groups is 1. The number of hydrogen-bond acceptors (Lipinski definition) is 5. The van der Waals surface area contributed by atoms with Gasteiger partial charge >= 0.3 is 6.09 Å². The fourth-order valence-corrected chi connectivity index (χ4v) is 3.86. The van der Waals surface area contributed by atoms with Crippen molar-refractivity contribution in [2.75, 3.05) is 26.7 Å². The summed E-state index contributed by atoms with van der Waals surface area (Å²) in [5.74, 6) is 0.722. The molecular formula is C18H26N2O4. The molecule has 0 saturated carbocycles. The lowest BCUT2D eigenvalue weighted by Gasteiger charge is -2.40. The molecular weight excluding hydrogens is 308 g/mol. The van der Waals surface area contributed by atoms with Gasteiger partial charge in [0.15, 0.2) is 0 Å². The molecule has 0 spiro atoms. The predicted octanol–water partition coefficient (Wildman–Crippen LogP) is 2.12. The molecule has 2 aliphatic rings. The number of piperidine rings is 1. The van der Waals surface area contributed by atoms with Gasteiger partial charge in [-0.1, -0.05) is 12.1 Å². The normalized spacial score (nSPS) is 24.5. The largest absolute Gasteiger partial charge is 0.507 e. The molecule has 2 aliphatic heterocycles. The standard InChI is InChI=1S/C18H26N2O4/c1-11-3-4-13-14(17(11)21)9-15(24-16(13)10-19)12-5-7-20(8-6-12)18(22)23-2/h3-4,12,15-16,21H,5-10,19H2,1-2H3. The Labute approximate surface area is 142 Å². The molecule has 132 valence electrons. The number of benzene rings is 1. The molecule has 0 aromatic heterocycles. The molecule has 6 nitrogen and oxygen atoms in total. The van der Waals surface area contributed by atoms with E-state index in [0.717, 1.165) is 29.5 Å². The lowest BCUT2D eigenvalue weighted by atomic mass is 9.83. The number of ether oxygens (including phenoxy) is 2. The molecule has 2 unspecified atom stereocenters. The summed E-state index contributed by atoms with van der Waals surface area (Å²) in [6, 6.07) is 3.92. The molecule has 1 aromatic rings. The van der Waals surface area contributed by atoms with Crippen molar-refractivity contribution in [3.05, 3.63) is 28.8 Å². The van der Waals surface area contributed by atoms with Crippen LogP contribution in [0.25, 0.3) is 0 Å². The summed E-state index contributed by atoms with van der Waals surface area (Å²) in [6.45, 7) is 3.66. The third-order valence-corrected chi connectivity index (χ3v) is 5.32. The van der Waals surface area contributed by atoms with Crippen LogP contribution in [0.5, 0.6) is 5.75 Å². The van der Waals surface area contributed by atoms with E-state index in [4.69, 9.17) is 15.2 Å². The Balaban J connectivity index is 1.75. The first-order valence-corrected chi connectivity index (χ1v) is 8.55. The van der Waals surface area contributed by atoms with Gasteiger partial charge < -0.3 is 25.2 Å². The Morgan fingerprint density at radius 1 is 1.42 bits per heavy atom. The van der Waals surface area contributed by atoms with Gasteiger partial charge in [-0.25, -0.2) is 4.79 Å². The molecule has 1 saturated heterocycles. The minimum Gasteiger partial charge on any atom is -0.507 e. The number of methoxy groups -OCH3 is 1. The van der Waals surface area contributed by atoms with Crippen LogP contribution < -0.4 is 5.73 Å². The zero-order chi connectivity index (χ0) is 17.3. The summed E-state index contributed by atoms with van der Waals surface area (Å²) in [7, 11) is 1.41. The number of likely N-dealkylation sites (tertiary alicyclic amines) is 1. The van der Waals surface area contributed by atoms with Crippen molar-refractivity contribution in [2.24, 2.45) is 11.7 Å². The van der Waals surface area contributed by atoms with E-state index in [2.05, 4.69) is 0 Å². The van der Waals surface area contributed by atoms with Gasteiger partial charge in [-0.05, 0) is 36.8 Å². The van der Waals surface area contributed by atoms with E-state index < -0.39 is 0 Å². The van der Waals surface area contributed by atoms with Crippen molar-refractivity contribution in [3.8, 4) is 5.75 Å². The second kappa shape index (κ2) is 6.99. The number of rotatable bonds is 2. The Morgan fingerprint density at radius 2 is 2.12 bits per heavy atom. The van der Waals surface area contributed by atoms with E-state index in [1.807, 2.05) is 19.1 Å². The van der Waals surface area contributed by atoms with Crippen LogP contribution in [0.3, 0.4) is 0 Å². The fraction of sp³-hybridized carbons (Fsp3) is 0.611. The highest BCUT2D eigenvalue weighted by atomic mass is 16.5. The van der Waals surface area contributed by atoms with E-state index in [0.29, 0.717) is 37.7 Å². The lowest BCUT2D eigenvalue weighted by Crippen LogP contribution is -2.44. The second-order valence-electron chi connectivity index (χ2n) is 6.70. The molecule has 2 heterocycles. The second-order valence-corrected chi connectivity index (χ2v) is 6.70. The van der Waals surface area contributed by atoms with E-state index >= 15 is 0 Å². The lowest BCUT2D eigenvalue weighted by molar-refractivity contribution is -0.0637. The first-order chi connectivity index (χ1) is 11.5. The first-order valence-electron chi connectivity index (χ1n) is 8.55. The van der Waals surface area contributed by atoms with Crippen molar-refractivity contribution in [2.45, 2.75) is 38.4 Å². The number of phenols is 1. The number of hydrogen-bond donors (Lipinski definition) is 2. The van der Waals surface area contributed by atoms with Crippen LogP contribution in [0, 0.1) is 12.8 Å². The van der Waals surface area contributed by atoms with Crippen molar-refractivity contribution in [1.29, 1.82) is 0 Å². The summed E-state index contributed by atoms with van der Waals surface area (Å²) in [5.41, 5.74) is 8.76. The molecule has 0 radical (unpaired) electrons. The van der Waals surface area contributed by atoms with Crippen molar-refractivity contribution < 1.29 is 19.4 Å². The SMILES string of the molecule is COC(=O)N1CCC(C2Cc3c(ccc(C)c3O)C(CN)O2)CC1. The van der Waals surface area contributed by atoms with Gasteiger partial charge in [0, 0.05) is 31.6 Å². The van der Waals surface area contributed by atoms with Crippen LogP contribution in [0.4, 0.5) is 4.79 Å². The highest BCUT2D eigenvalue weighted by molar-refractivity contribution is 5.67. The summed E-state index contributed by atoms with van der Waals surface area (Å²) in [4.78, 5) is 13.3. The third kappa shape index (κ3) is 3.08. The van der Waals surface area contributed by atoms with Gasteiger partial charge in [0.2, 0.25) is 0 Å². The Morgan fingerprint density at radius 3 is 2.75 bits per heavy atom. The summed E-state index contributed by atoms with van der Waals surface area (Å²) in [6.07, 6.45) is 2.03. The zero-order valence-electron chi connectivity index (χ0n) is 14.3. The van der Waals surface area contributed by atoms with Gasteiger partial charge in [0.25, 0.3) is 0 Å². The zero-order valence-corrected chi connectivity index (χ0v) is 14.3. The van der Waals surface area contributed by atoms with Crippen LogP contribution in [0.2, 0.25) is 0 Å². The Hall–Kier alpha value is -1.79. The van der Waals surface area contributed by atoms with Crippen LogP contribution in [-0.4, -0.2) is 48.9 Å². The van der Waals surface area contributed by atoms with Crippen molar-refractivity contribution in [1.82, 2.24) is 4.90 Å². The number of carbonyl (C=O) groups excluding carboxylic acids is 1. The number of aryl methyl sites for hydroxylation is 1. The molecule has 1 amide bonds. The van der Waals surface area contributed by atoms with E-state index in [1.165, 1.54) is 7.11 Å². The smallest absolute Gasteiger partial charge is 0.409 e. The number of carbonyl (C=O) groups is 1. The quantitative estimate of drug-likeness (QED) is 0.865. The Kier molecular flexibility index (Phi) is 4.96. The van der Waals surface area contributed by atoms with Gasteiger partial charge in [0.1, 0.15) is 5.75 Å². The van der Waals surface area contributed by atoms with Crippen LogP contribution >= 0.6 is 0 Å². The van der Waals surface area contributed by atoms with Crippen LogP contribution in [0.1, 0.15) is 35.6 Å². The highest BCUT2D eigenvalue weighted by Gasteiger charge is 2.36. The van der Waals surface area contributed by atoms with E-state index in [-0.39, 0.29) is 18.3 Å². The summed E-state index contributed by atoms with van der Waals surface area (Å²) in [5, 5.41) is 10.5. The molecule has 2 atom stereocenters. The third-order valence-electron chi connectivity index (χ3n) is 5.32. The van der Waals surface area contributed by atoms with E-state index in [9.17, 15) is 9.90 Å². The number of phenolic OH excluding ortho intramolecular Hbond substituents is 1. The van der Waals surface area contributed by atoms with Crippen molar-refractivity contribution >= 4 is 6.09 Å². The van der Waals surface area contributed by atoms with E-state index in [1.54, 1.807) is 4.90 Å². The van der Waals surface area contributed by atoms with Crippen LogP contribution in [-0.2, 0) is 15.9 Å². The summed E-state index contributed by atoms with van der Waals surface area (Å²) < 4.78 is 11.0. The van der Waals surface area contributed by atoms with Crippen LogP contribution in [0.15, 0.2) is 12.1 Å². The minimum atomic E-state index is -0.267. The number of fused-ring (bicyclic) bond motifs is 1. The maximum absolute atomic E-state index is 11.6. The molecule has 0 bridgehead atoms. The molecule has 1 fully saturated rings. The molecule has 0 aliphatic carbocycles. The maximum atomic E-state index is 11.6. The molecule has 1 aromatic carbocycles. The molecule has 3 rings (SSSR count). The Bertz CT molecular complexity index is 611. The predicted molar refractivity (Wildman–Crippen MR) is 89.9 cm³/mol. The monoisotopic (exact) mass is 334 g/mol. The maximum Gasteiger partial charge on any atom is 0.409 e. The minimum absolute atomic E-state index is 0.0264. The number of amides is 1. The molecule has 6 heteroatoms.